The first-order valence-corrected chi connectivity index (χ1v) is 7.82. The molecule has 0 fully saturated rings. The van der Waals surface area contributed by atoms with Crippen molar-refractivity contribution < 1.29 is 13.2 Å². The van der Waals surface area contributed by atoms with E-state index in [9.17, 15) is 8.42 Å². The highest BCUT2D eigenvalue weighted by Crippen LogP contribution is 2.26. The predicted octanol–water partition coefficient (Wildman–Crippen LogP) is 1.90. The molecule has 0 saturated carbocycles. The van der Waals surface area contributed by atoms with Crippen molar-refractivity contribution in [3.05, 3.63) is 22.7 Å². The lowest BCUT2D eigenvalue weighted by Gasteiger charge is -2.10. The summed E-state index contributed by atoms with van der Waals surface area (Å²) in [5, 5.41) is 0. The molecule has 0 unspecified atom stereocenters. The molecular weight excluding hydrogens is 356 g/mol. The number of rotatable bonds is 7. The van der Waals surface area contributed by atoms with Gasteiger partial charge in [-0.2, -0.15) is 0 Å². The summed E-state index contributed by atoms with van der Waals surface area (Å²) < 4.78 is 32.4. The first-order chi connectivity index (χ1) is 8.51. The Kier molecular flexibility index (Phi) is 8.60. The molecule has 0 saturated heterocycles. The van der Waals surface area contributed by atoms with Gasteiger partial charge in [0.05, 0.1) is 7.11 Å². The van der Waals surface area contributed by atoms with E-state index in [2.05, 4.69) is 20.7 Å². The Balaban J connectivity index is 0.00000324. The summed E-state index contributed by atoms with van der Waals surface area (Å²) in [6.07, 6.45) is 1.50. The van der Waals surface area contributed by atoms with E-state index in [0.717, 1.165) is 6.42 Å². The number of methoxy groups -OCH3 is 1. The largest absolute Gasteiger partial charge is 0.495 e. The molecule has 0 bridgehead atoms. The summed E-state index contributed by atoms with van der Waals surface area (Å²) in [6.45, 7) is 0.928. The number of unbranched alkanes of at least 4 members (excludes halogenated alkanes) is 1. The van der Waals surface area contributed by atoms with Gasteiger partial charge in [0.15, 0.2) is 0 Å². The van der Waals surface area contributed by atoms with E-state index in [1.54, 1.807) is 12.1 Å². The molecule has 110 valence electrons. The third-order valence-electron chi connectivity index (χ3n) is 2.34. The van der Waals surface area contributed by atoms with Crippen LogP contribution in [0.5, 0.6) is 5.75 Å². The van der Waals surface area contributed by atoms with Crippen molar-refractivity contribution in [3.8, 4) is 5.75 Å². The monoisotopic (exact) mass is 372 g/mol. The van der Waals surface area contributed by atoms with Crippen LogP contribution in [-0.4, -0.2) is 28.6 Å². The van der Waals surface area contributed by atoms with Crippen molar-refractivity contribution in [2.45, 2.75) is 17.7 Å². The minimum Gasteiger partial charge on any atom is -0.495 e. The third kappa shape index (κ3) is 5.66. The lowest BCUT2D eigenvalue weighted by molar-refractivity contribution is 0.402. The van der Waals surface area contributed by atoms with Crippen LogP contribution in [0.25, 0.3) is 0 Å². The van der Waals surface area contributed by atoms with Gasteiger partial charge in [-0.05, 0) is 37.6 Å². The summed E-state index contributed by atoms with van der Waals surface area (Å²) in [4.78, 5) is 0.132. The molecule has 0 aliphatic carbocycles. The Hall–Kier alpha value is -0.340. The zero-order valence-corrected chi connectivity index (χ0v) is 13.8. The Bertz CT molecular complexity index is 497. The average Bonchev–Trinajstić information content (AvgIpc) is 2.35. The molecule has 19 heavy (non-hydrogen) atoms. The average molecular weight is 374 g/mol. The normalized spacial score (nSPS) is 10.9. The molecule has 0 spiro atoms. The highest BCUT2D eigenvalue weighted by Gasteiger charge is 2.19. The van der Waals surface area contributed by atoms with Crippen molar-refractivity contribution in [3.63, 3.8) is 0 Å². The zero-order valence-electron chi connectivity index (χ0n) is 10.6. The Morgan fingerprint density at radius 1 is 1.37 bits per heavy atom. The Morgan fingerprint density at radius 2 is 2.05 bits per heavy atom. The molecule has 0 heterocycles. The molecule has 3 N–H and O–H groups in total. The number of nitrogens with one attached hydrogen (secondary N) is 1. The van der Waals surface area contributed by atoms with E-state index in [1.807, 2.05) is 0 Å². The third-order valence-corrected chi connectivity index (χ3v) is 4.31. The van der Waals surface area contributed by atoms with Crippen LogP contribution in [-0.2, 0) is 10.0 Å². The molecule has 0 aliphatic heterocycles. The van der Waals surface area contributed by atoms with E-state index < -0.39 is 10.0 Å². The number of halogens is 2. The van der Waals surface area contributed by atoms with Gasteiger partial charge in [0.2, 0.25) is 10.0 Å². The maximum absolute atomic E-state index is 12.1. The van der Waals surface area contributed by atoms with E-state index in [4.69, 9.17) is 10.5 Å². The van der Waals surface area contributed by atoms with Gasteiger partial charge in [-0.1, -0.05) is 15.9 Å². The second-order valence-corrected chi connectivity index (χ2v) is 6.34. The van der Waals surface area contributed by atoms with Crippen molar-refractivity contribution in [2.75, 3.05) is 20.2 Å². The fourth-order valence-corrected chi connectivity index (χ4v) is 3.19. The molecule has 0 amide bonds. The van der Waals surface area contributed by atoms with Gasteiger partial charge in [-0.3, -0.25) is 0 Å². The lowest BCUT2D eigenvalue weighted by Crippen LogP contribution is -2.25. The van der Waals surface area contributed by atoms with Crippen LogP contribution < -0.4 is 15.2 Å². The molecular formula is C11H18BrClN2O3S. The number of hydrogen-bond donors (Lipinski definition) is 2. The van der Waals surface area contributed by atoms with Crippen molar-refractivity contribution >= 4 is 38.4 Å². The van der Waals surface area contributed by atoms with E-state index >= 15 is 0 Å². The predicted molar refractivity (Wildman–Crippen MR) is 81.4 cm³/mol. The molecule has 5 nitrogen and oxygen atoms in total. The molecule has 1 rings (SSSR count). The van der Waals surface area contributed by atoms with Crippen LogP contribution in [0.15, 0.2) is 27.6 Å². The maximum Gasteiger partial charge on any atom is 0.244 e. The van der Waals surface area contributed by atoms with E-state index in [0.29, 0.717) is 29.7 Å². The minimum atomic E-state index is -3.55. The smallest absolute Gasteiger partial charge is 0.244 e. The van der Waals surface area contributed by atoms with Gasteiger partial charge in [0.25, 0.3) is 0 Å². The molecule has 1 aromatic carbocycles. The SMILES string of the molecule is COc1ccc(Br)cc1S(=O)(=O)NCCCCN.Cl. The van der Waals surface area contributed by atoms with Crippen LogP contribution in [0.1, 0.15) is 12.8 Å². The summed E-state index contributed by atoms with van der Waals surface area (Å²) in [7, 11) is -2.11. The summed E-state index contributed by atoms with van der Waals surface area (Å²) >= 11 is 3.25. The van der Waals surface area contributed by atoms with Crippen LogP contribution in [0.4, 0.5) is 0 Å². The number of sulfonamides is 1. The topological polar surface area (TPSA) is 81.4 Å². The van der Waals surface area contributed by atoms with Gasteiger partial charge < -0.3 is 10.5 Å². The fourth-order valence-electron chi connectivity index (χ4n) is 1.41. The van der Waals surface area contributed by atoms with Gasteiger partial charge in [-0.25, -0.2) is 13.1 Å². The number of ether oxygens (including phenoxy) is 1. The van der Waals surface area contributed by atoms with Gasteiger partial charge in [0, 0.05) is 11.0 Å². The van der Waals surface area contributed by atoms with Crippen molar-refractivity contribution in [1.82, 2.24) is 4.72 Å². The molecule has 0 aromatic heterocycles. The van der Waals surface area contributed by atoms with Gasteiger partial charge in [0.1, 0.15) is 10.6 Å². The summed E-state index contributed by atoms with van der Waals surface area (Å²) in [5.74, 6) is 0.324. The van der Waals surface area contributed by atoms with Crippen LogP contribution >= 0.6 is 28.3 Å². The molecule has 1 aromatic rings. The second-order valence-electron chi connectivity index (χ2n) is 3.69. The lowest BCUT2D eigenvalue weighted by atomic mass is 10.3. The van der Waals surface area contributed by atoms with Gasteiger partial charge in [-0.15, -0.1) is 12.4 Å². The molecule has 0 aliphatic rings. The minimum absolute atomic E-state index is 0. The van der Waals surface area contributed by atoms with Gasteiger partial charge >= 0.3 is 0 Å². The quantitative estimate of drug-likeness (QED) is 0.715. The van der Waals surface area contributed by atoms with Crippen LogP contribution in [0.3, 0.4) is 0 Å². The Labute approximate surface area is 128 Å². The molecule has 0 atom stereocenters. The highest BCUT2D eigenvalue weighted by atomic mass is 79.9. The van der Waals surface area contributed by atoms with E-state index in [1.165, 1.54) is 13.2 Å². The standard InChI is InChI=1S/C11H17BrN2O3S.ClH/c1-17-10-5-4-9(12)8-11(10)18(15,16)14-7-3-2-6-13;/h4-5,8,14H,2-3,6-7,13H2,1H3;1H. The summed E-state index contributed by atoms with van der Waals surface area (Å²) in [5.41, 5.74) is 5.35. The van der Waals surface area contributed by atoms with Crippen LogP contribution in [0.2, 0.25) is 0 Å². The number of hydrogen-bond acceptors (Lipinski definition) is 4. The van der Waals surface area contributed by atoms with Crippen molar-refractivity contribution in [2.24, 2.45) is 5.73 Å². The second kappa shape index (κ2) is 8.76. The number of benzene rings is 1. The zero-order chi connectivity index (χ0) is 13.6. The van der Waals surface area contributed by atoms with E-state index in [-0.39, 0.29) is 17.3 Å². The fraction of sp³-hybridized carbons (Fsp3) is 0.455. The summed E-state index contributed by atoms with van der Waals surface area (Å²) in [6, 6.07) is 4.86. The van der Waals surface area contributed by atoms with Crippen LogP contribution in [0, 0.1) is 0 Å². The first-order valence-electron chi connectivity index (χ1n) is 5.54. The van der Waals surface area contributed by atoms with Crippen molar-refractivity contribution in [1.29, 1.82) is 0 Å². The first kappa shape index (κ1) is 18.7. The molecule has 0 radical (unpaired) electrons. The maximum atomic E-state index is 12.1. The Morgan fingerprint density at radius 3 is 2.63 bits per heavy atom. The highest BCUT2D eigenvalue weighted by molar-refractivity contribution is 9.10. The number of nitrogens with two attached hydrogens (primary N) is 1. The molecule has 8 heteroatoms.